The Kier molecular flexibility index (Phi) is 6.05. The molecule has 0 radical (unpaired) electrons. The van der Waals surface area contributed by atoms with Gasteiger partial charge in [-0.1, -0.05) is 29.3 Å². The Bertz CT molecular complexity index is 1230. The summed E-state index contributed by atoms with van der Waals surface area (Å²) in [6, 6.07) is 13.0. The third kappa shape index (κ3) is 4.27. The zero-order valence-corrected chi connectivity index (χ0v) is 19.6. The summed E-state index contributed by atoms with van der Waals surface area (Å²) in [7, 11) is -3.79. The van der Waals surface area contributed by atoms with Gasteiger partial charge in [0.15, 0.2) is 0 Å². The number of carbonyl (C=O) groups excluding carboxylic acids is 1. The number of hydrogen-bond donors (Lipinski definition) is 3. The molecule has 2 aliphatic rings. The first-order chi connectivity index (χ1) is 15.6. The van der Waals surface area contributed by atoms with Gasteiger partial charge in [-0.2, -0.15) is 0 Å². The molecule has 7 nitrogen and oxygen atoms in total. The minimum absolute atomic E-state index is 0.0564. The summed E-state index contributed by atoms with van der Waals surface area (Å²) < 4.78 is 28.0. The smallest absolute Gasteiger partial charge is 0.307 e. The quantitative estimate of drug-likeness (QED) is 0.543. The molecule has 2 aliphatic carbocycles. The summed E-state index contributed by atoms with van der Waals surface area (Å²) >= 11 is 0. The van der Waals surface area contributed by atoms with E-state index in [9.17, 15) is 23.1 Å². The number of carbonyl (C=O) groups is 2. The van der Waals surface area contributed by atoms with Crippen LogP contribution in [0.3, 0.4) is 0 Å². The highest BCUT2D eigenvalue weighted by Crippen LogP contribution is 2.57. The van der Waals surface area contributed by atoms with E-state index < -0.39 is 27.8 Å². The molecule has 0 spiro atoms. The van der Waals surface area contributed by atoms with Gasteiger partial charge in [0, 0.05) is 5.69 Å². The molecule has 1 amide bonds. The fourth-order valence-corrected chi connectivity index (χ4v) is 6.57. The molecule has 174 valence electrons. The summed E-state index contributed by atoms with van der Waals surface area (Å²) in [5, 5.41) is 12.6. The van der Waals surface area contributed by atoms with Crippen molar-refractivity contribution in [2.24, 2.45) is 23.7 Å². The van der Waals surface area contributed by atoms with Crippen LogP contribution in [-0.4, -0.2) is 25.4 Å². The van der Waals surface area contributed by atoms with E-state index in [1.165, 1.54) is 24.3 Å². The van der Waals surface area contributed by atoms with Gasteiger partial charge in [0.2, 0.25) is 5.91 Å². The van der Waals surface area contributed by atoms with Gasteiger partial charge in [0.25, 0.3) is 10.0 Å². The van der Waals surface area contributed by atoms with E-state index in [1.807, 2.05) is 32.9 Å². The van der Waals surface area contributed by atoms with Crippen molar-refractivity contribution in [1.82, 2.24) is 0 Å². The maximum absolute atomic E-state index is 13.1. The number of rotatable bonds is 6. The van der Waals surface area contributed by atoms with Crippen LogP contribution < -0.4 is 10.0 Å². The normalized spacial score (nSPS) is 23.9. The number of amides is 1. The molecule has 33 heavy (non-hydrogen) atoms. The molecule has 8 heteroatoms. The number of para-hydroxylation sites is 1. The molecule has 0 heterocycles. The van der Waals surface area contributed by atoms with E-state index in [1.54, 1.807) is 12.1 Å². The maximum Gasteiger partial charge on any atom is 0.307 e. The lowest BCUT2D eigenvalue weighted by molar-refractivity contribution is -0.148. The lowest BCUT2D eigenvalue weighted by atomic mass is 9.78. The number of nitrogens with one attached hydrogen (secondary N) is 2. The molecule has 0 unspecified atom stereocenters. The van der Waals surface area contributed by atoms with E-state index >= 15 is 0 Å². The lowest BCUT2D eigenvalue weighted by Crippen LogP contribution is -2.37. The number of allylic oxidation sites excluding steroid dienone is 2. The van der Waals surface area contributed by atoms with Gasteiger partial charge in [0.1, 0.15) is 0 Å². The van der Waals surface area contributed by atoms with Crippen molar-refractivity contribution in [3.8, 4) is 0 Å². The fourth-order valence-electron chi connectivity index (χ4n) is 5.44. The van der Waals surface area contributed by atoms with Crippen LogP contribution in [0, 0.1) is 30.6 Å². The second-order valence-corrected chi connectivity index (χ2v) is 10.8. The van der Waals surface area contributed by atoms with Crippen molar-refractivity contribution in [1.29, 1.82) is 0 Å². The molecule has 0 aliphatic heterocycles. The van der Waals surface area contributed by atoms with Crippen LogP contribution in [0.1, 0.15) is 32.3 Å². The second kappa shape index (κ2) is 8.67. The van der Waals surface area contributed by atoms with Gasteiger partial charge in [-0.05, 0) is 81.3 Å². The molecule has 2 aromatic rings. The average Bonchev–Trinajstić information content (AvgIpc) is 3.32. The molecule has 4 rings (SSSR count). The van der Waals surface area contributed by atoms with Crippen molar-refractivity contribution in [3.05, 3.63) is 65.2 Å². The molecule has 0 saturated heterocycles. The van der Waals surface area contributed by atoms with Crippen molar-refractivity contribution in [2.75, 3.05) is 10.0 Å². The van der Waals surface area contributed by atoms with Crippen LogP contribution >= 0.6 is 0 Å². The predicted molar refractivity (Wildman–Crippen MR) is 126 cm³/mol. The van der Waals surface area contributed by atoms with E-state index in [0.717, 1.165) is 29.6 Å². The number of sulfonamides is 1. The number of carboxylic acids is 1. The summed E-state index contributed by atoms with van der Waals surface area (Å²) in [6.07, 6.45) is 1.61. The Labute approximate surface area is 194 Å². The Balaban J connectivity index is 1.51. The van der Waals surface area contributed by atoms with Crippen molar-refractivity contribution >= 4 is 33.3 Å². The first-order valence-corrected chi connectivity index (χ1v) is 12.5. The van der Waals surface area contributed by atoms with Gasteiger partial charge < -0.3 is 10.4 Å². The summed E-state index contributed by atoms with van der Waals surface area (Å²) in [5.41, 5.74) is 3.95. The largest absolute Gasteiger partial charge is 0.481 e. The molecule has 4 atom stereocenters. The van der Waals surface area contributed by atoms with Crippen LogP contribution in [0.25, 0.3) is 0 Å². The standard InChI is InChI=1S/C25H28N2O5S/c1-14(2)21-18-12-13-19(21)23(25(29)30)22(18)24(28)26-16-8-10-17(11-9-16)33(31,32)27-20-7-5-4-6-15(20)3/h4-11,18-19,22-23,27H,12-13H2,1-3H3,(H,26,28)(H,29,30)/t18-,19+,22-,23-/m1/s1. The number of carboxylic acid groups (broad SMARTS) is 1. The van der Waals surface area contributed by atoms with Crippen LogP contribution in [0.5, 0.6) is 0 Å². The molecule has 2 saturated carbocycles. The molecule has 2 aromatic carbocycles. The lowest BCUT2D eigenvalue weighted by Gasteiger charge is -2.26. The number of hydrogen-bond acceptors (Lipinski definition) is 4. The fraction of sp³-hybridized carbons (Fsp3) is 0.360. The Hall–Kier alpha value is -3.13. The Morgan fingerprint density at radius 2 is 1.55 bits per heavy atom. The molecule has 3 N–H and O–H groups in total. The summed E-state index contributed by atoms with van der Waals surface area (Å²) in [5.74, 6) is -2.77. The molecular weight excluding hydrogens is 440 g/mol. The van der Waals surface area contributed by atoms with Gasteiger partial charge in [-0.25, -0.2) is 8.42 Å². The Morgan fingerprint density at radius 1 is 0.939 bits per heavy atom. The monoisotopic (exact) mass is 468 g/mol. The predicted octanol–water partition coefficient (Wildman–Crippen LogP) is 4.43. The average molecular weight is 469 g/mol. The number of aryl methyl sites for hydroxylation is 1. The van der Waals surface area contributed by atoms with E-state index in [2.05, 4.69) is 10.0 Å². The van der Waals surface area contributed by atoms with Crippen molar-refractivity contribution < 1.29 is 23.1 Å². The number of aliphatic carboxylic acids is 1. The third-order valence-corrected chi connectivity index (χ3v) is 8.21. The maximum atomic E-state index is 13.1. The molecule has 2 bridgehead atoms. The second-order valence-electron chi connectivity index (χ2n) is 9.07. The van der Waals surface area contributed by atoms with Crippen LogP contribution in [0.4, 0.5) is 11.4 Å². The van der Waals surface area contributed by atoms with Gasteiger partial charge >= 0.3 is 5.97 Å². The van der Waals surface area contributed by atoms with Crippen molar-refractivity contribution in [2.45, 2.75) is 38.5 Å². The first kappa shape index (κ1) is 23.0. The summed E-state index contributed by atoms with van der Waals surface area (Å²) in [4.78, 5) is 25.2. The van der Waals surface area contributed by atoms with Gasteiger partial charge in [0.05, 0.1) is 22.4 Å². The number of benzene rings is 2. The summed E-state index contributed by atoms with van der Waals surface area (Å²) in [6.45, 7) is 5.77. The molecule has 2 fully saturated rings. The van der Waals surface area contributed by atoms with Gasteiger partial charge in [-0.3, -0.25) is 14.3 Å². The number of anilines is 2. The minimum atomic E-state index is -3.79. The van der Waals surface area contributed by atoms with E-state index in [4.69, 9.17) is 0 Å². The zero-order valence-electron chi connectivity index (χ0n) is 18.8. The SMILES string of the molecule is CC(C)=C1[C@H]2CC[C@@H]1[C@@H](C(=O)O)[C@@H]2C(=O)Nc1ccc(S(=O)(=O)Nc2ccccc2C)cc1. The topological polar surface area (TPSA) is 113 Å². The van der Waals surface area contributed by atoms with Crippen LogP contribution in [-0.2, 0) is 19.6 Å². The van der Waals surface area contributed by atoms with E-state index in [-0.39, 0.29) is 22.6 Å². The zero-order chi connectivity index (χ0) is 23.9. The highest BCUT2D eigenvalue weighted by molar-refractivity contribution is 7.92. The number of fused-ring (bicyclic) bond motifs is 2. The van der Waals surface area contributed by atoms with E-state index in [0.29, 0.717) is 11.4 Å². The first-order valence-electron chi connectivity index (χ1n) is 11.0. The molecule has 0 aromatic heterocycles. The van der Waals surface area contributed by atoms with Crippen LogP contribution in [0.2, 0.25) is 0 Å². The third-order valence-electron chi connectivity index (χ3n) is 6.83. The highest BCUT2D eigenvalue weighted by Gasteiger charge is 2.57. The highest BCUT2D eigenvalue weighted by atomic mass is 32.2. The van der Waals surface area contributed by atoms with Crippen LogP contribution in [0.15, 0.2) is 64.6 Å². The Morgan fingerprint density at radius 3 is 2.12 bits per heavy atom. The minimum Gasteiger partial charge on any atom is -0.481 e. The van der Waals surface area contributed by atoms with Crippen molar-refractivity contribution in [3.63, 3.8) is 0 Å². The van der Waals surface area contributed by atoms with Gasteiger partial charge in [-0.15, -0.1) is 0 Å². The molecular formula is C25H28N2O5S.